The van der Waals surface area contributed by atoms with E-state index in [-0.39, 0.29) is 18.5 Å². The lowest BCUT2D eigenvalue weighted by Crippen LogP contribution is -2.45. The predicted molar refractivity (Wildman–Crippen MR) is 356 cm³/mol. The molecule has 0 saturated carbocycles. The molecule has 0 bridgehead atoms. The lowest BCUT2D eigenvalue weighted by Gasteiger charge is -2.20. The first-order valence-corrected chi connectivity index (χ1v) is 36.4. The predicted octanol–water partition coefficient (Wildman–Crippen LogP) is 23.6. The second-order valence-corrected chi connectivity index (χ2v) is 24.9. The number of unbranched alkanes of at least 4 members (excludes halogenated alkanes) is 51. The van der Waals surface area contributed by atoms with Crippen LogP contribution in [0.3, 0.4) is 0 Å². The second-order valence-electron chi connectivity index (χ2n) is 24.9. The maximum atomic E-state index is 12.5. The molecule has 3 N–H and O–H groups in total. The number of carbonyl (C=O) groups excluding carboxylic acids is 2. The molecular weight excluding hydrogens is 995 g/mol. The van der Waals surface area contributed by atoms with Gasteiger partial charge in [-0.1, -0.05) is 339 Å². The summed E-state index contributed by atoms with van der Waals surface area (Å²) in [5.41, 5.74) is 0. The maximum Gasteiger partial charge on any atom is 0.305 e. The van der Waals surface area contributed by atoms with Crippen LogP contribution in [0.5, 0.6) is 0 Å². The van der Waals surface area contributed by atoms with E-state index in [1.165, 1.54) is 302 Å². The molecule has 0 aliphatic rings. The summed E-state index contributed by atoms with van der Waals surface area (Å²) in [7, 11) is 0. The molecule has 0 aliphatic heterocycles. The van der Waals surface area contributed by atoms with Gasteiger partial charge in [0, 0.05) is 12.8 Å². The normalized spacial score (nSPS) is 12.8. The zero-order valence-electron chi connectivity index (χ0n) is 54.5. The number of hydrogen-bond donors (Lipinski definition) is 3. The molecule has 2 unspecified atom stereocenters. The molecule has 0 rings (SSSR count). The van der Waals surface area contributed by atoms with Gasteiger partial charge in [-0.2, -0.15) is 0 Å². The van der Waals surface area contributed by atoms with Gasteiger partial charge in [0.1, 0.15) is 0 Å². The molecule has 0 saturated heterocycles. The van der Waals surface area contributed by atoms with Crippen molar-refractivity contribution in [3.8, 4) is 0 Å². The van der Waals surface area contributed by atoms with E-state index in [4.69, 9.17) is 4.74 Å². The van der Waals surface area contributed by atoms with Crippen molar-refractivity contribution in [2.24, 2.45) is 0 Å². The number of ether oxygens (including phenoxy) is 1. The third-order valence-electron chi connectivity index (χ3n) is 16.8. The Balaban J connectivity index is 3.46. The zero-order chi connectivity index (χ0) is 58.5. The van der Waals surface area contributed by atoms with Gasteiger partial charge in [0.15, 0.2) is 0 Å². The van der Waals surface area contributed by atoms with Gasteiger partial charge in [-0.15, -0.1) is 0 Å². The number of hydrogen-bond acceptors (Lipinski definition) is 5. The van der Waals surface area contributed by atoms with Crippen LogP contribution in [0.1, 0.15) is 393 Å². The van der Waals surface area contributed by atoms with E-state index in [0.717, 1.165) is 64.2 Å². The summed E-state index contributed by atoms with van der Waals surface area (Å²) in [6, 6.07) is -0.638. The molecule has 2 atom stereocenters. The molecule has 476 valence electrons. The minimum absolute atomic E-state index is 0.00653. The highest BCUT2D eigenvalue weighted by Crippen LogP contribution is 2.18. The molecule has 0 aromatic heterocycles. The molecule has 0 fully saturated rings. The highest BCUT2D eigenvalue weighted by Gasteiger charge is 2.18. The van der Waals surface area contributed by atoms with Crippen molar-refractivity contribution in [1.82, 2.24) is 5.32 Å². The van der Waals surface area contributed by atoms with Crippen LogP contribution in [0.25, 0.3) is 0 Å². The number of rotatable bonds is 68. The Morgan fingerprint density at radius 1 is 0.346 bits per heavy atom. The number of carbonyl (C=O) groups is 2. The van der Waals surface area contributed by atoms with Crippen LogP contribution in [0.4, 0.5) is 0 Å². The van der Waals surface area contributed by atoms with Gasteiger partial charge in [0.2, 0.25) is 5.91 Å². The average Bonchev–Trinajstić information content (AvgIpc) is 3.47. The van der Waals surface area contributed by atoms with E-state index < -0.39 is 12.1 Å². The molecule has 0 aromatic carbocycles. The Morgan fingerprint density at radius 2 is 0.617 bits per heavy atom. The van der Waals surface area contributed by atoms with Gasteiger partial charge < -0.3 is 20.3 Å². The van der Waals surface area contributed by atoms with Crippen LogP contribution >= 0.6 is 0 Å². The summed E-state index contributed by atoms with van der Waals surface area (Å²) >= 11 is 0. The first-order valence-electron chi connectivity index (χ1n) is 36.4. The van der Waals surface area contributed by atoms with E-state index in [1.54, 1.807) is 6.08 Å². The first-order chi connectivity index (χ1) is 40.0. The summed E-state index contributed by atoms with van der Waals surface area (Å²) in [6.07, 6.45) is 91.9. The van der Waals surface area contributed by atoms with Crippen LogP contribution in [-0.2, 0) is 14.3 Å². The van der Waals surface area contributed by atoms with Crippen molar-refractivity contribution in [1.29, 1.82) is 0 Å². The van der Waals surface area contributed by atoms with Crippen molar-refractivity contribution < 1.29 is 24.5 Å². The summed E-state index contributed by atoms with van der Waals surface area (Å²) in [6.45, 7) is 4.92. The van der Waals surface area contributed by atoms with Crippen molar-refractivity contribution in [3.63, 3.8) is 0 Å². The van der Waals surface area contributed by atoms with E-state index in [0.29, 0.717) is 19.4 Å². The topological polar surface area (TPSA) is 95.9 Å². The fourth-order valence-electron chi connectivity index (χ4n) is 11.3. The van der Waals surface area contributed by atoms with Gasteiger partial charge in [0.25, 0.3) is 0 Å². The van der Waals surface area contributed by atoms with Crippen LogP contribution in [0, 0.1) is 0 Å². The van der Waals surface area contributed by atoms with Crippen molar-refractivity contribution in [2.45, 2.75) is 405 Å². The van der Waals surface area contributed by atoms with E-state index in [2.05, 4.69) is 55.6 Å². The van der Waals surface area contributed by atoms with E-state index in [1.807, 2.05) is 6.08 Å². The molecule has 6 heteroatoms. The Kier molecular flexibility index (Phi) is 68.4. The first kappa shape index (κ1) is 78.8. The number of amides is 1. The number of allylic oxidation sites excluding steroid dienone is 7. The molecule has 1 amide bonds. The van der Waals surface area contributed by atoms with Gasteiger partial charge in [-0.25, -0.2) is 0 Å². The third kappa shape index (κ3) is 66.8. The number of aliphatic hydroxyl groups is 2. The standard InChI is InChI=1S/C75H141NO5/c1-3-5-7-9-11-13-15-17-19-21-23-24-28-32-35-39-43-47-51-55-59-63-67-73(78)72(71-77)76-74(79)68-64-60-56-52-48-44-40-36-33-29-26-25-27-30-34-38-42-46-50-54-58-62-66-70-81-75(80)69-65-61-57-53-49-45-41-37-31-22-20-18-16-14-12-10-8-6-4-2/h18,20,25,27,29,33,63,67,72-73,77-78H,3-17,19,21-24,26,28,30-32,34-62,64-66,68-71H2,1-2H3,(H,76,79)/b20-18-,27-25-,33-29-,67-63+. The number of nitrogens with one attached hydrogen (secondary N) is 1. The summed E-state index contributed by atoms with van der Waals surface area (Å²) in [5.74, 6) is -0.0687. The minimum atomic E-state index is -0.853. The van der Waals surface area contributed by atoms with Gasteiger partial charge in [-0.05, 0) is 89.9 Å². The summed E-state index contributed by atoms with van der Waals surface area (Å²) < 4.78 is 5.50. The van der Waals surface area contributed by atoms with Crippen LogP contribution in [0.2, 0.25) is 0 Å². The average molecular weight is 1140 g/mol. The zero-order valence-corrected chi connectivity index (χ0v) is 54.5. The Morgan fingerprint density at radius 3 is 0.951 bits per heavy atom. The number of esters is 1. The molecule has 81 heavy (non-hydrogen) atoms. The van der Waals surface area contributed by atoms with Gasteiger partial charge in [-0.3, -0.25) is 9.59 Å². The van der Waals surface area contributed by atoms with Crippen molar-refractivity contribution in [2.75, 3.05) is 13.2 Å². The quantitative estimate of drug-likeness (QED) is 0.0320. The lowest BCUT2D eigenvalue weighted by atomic mass is 10.0. The van der Waals surface area contributed by atoms with Crippen LogP contribution in [-0.4, -0.2) is 47.4 Å². The molecular formula is C75H141NO5. The minimum Gasteiger partial charge on any atom is -0.466 e. The fourth-order valence-corrected chi connectivity index (χ4v) is 11.3. The monoisotopic (exact) mass is 1140 g/mol. The van der Waals surface area contributed by atoms with Crippen molar-refractivity contribution >= 4 is 11.9 Å². The van der Waals surface area contributed by atoms with Gasteiger partial charge in [0.05, 0.1) is 25.4 Å². The largest absolute Gasteiger partial charge is 0.466 e. The molecule has 0 heterocycles. The highest BCUT2D eigenvalue weighted by molar-refractivity contribution is 5.76. The summed E-state index contributed by atoms with van der Waals surface area (Å²) in [5, 5.41) is 23.3. The highest BCUT2D eigenvalue weighted by atomic mass is 16.5. The molecule has 0 spiro atoms. The Bertz CT molecular complexity index is 1360. The van der Waals surface area contributed by atoms with Crippen molar-refractivity contribution in [3.05, 3.63) is 48.6 Å². The maximum absolute atomic E-state index is 12.5. The lowest BCUT2D eigenvalue weighted by molar-refractivity contribution is -0.143. The molecule has 0 aromatic rings. The Hall–Kier alpha value is -2.18. The van der Waals surface area contributed by atoms with E-state index >= 15 is 0 Å². The molecule has 6 nitrogen and oxygen atoms in total. The Labute approximate surface area is 506 Å². The third-order valence-corrected chi connectivity index (χ3v) is 16.8. The SMILES string of the molecule is CCCCCCCC/C=C\CCCCCCCCCCCC(=O)OCCCCCCCCCCC/C=C\C/C=C\CCCCCCCCCC(=O)NC(CO)C(O)/C=C/CCCCCCCCCCCCCCCCCCCCCC. The smallest absolute Gasteiger partial charge is 0.305 e. The fraction of sp³-hybridized carbons (Fsp3) is 0.867. The molecule has 0 aliphatic carbocycles. The van der Waals surface area contributed by atoms with Crippen LogP contribution in [0.15, 0.2) is 48.6 Å². The number of aliphatic hydroxyl groups excluding tert-OH is 2. The van der Waals surface area contributed by atoms with Crippen LogP contribution < -0.4 is 5.32 Å². The van der Waals surface area contributed by atoms with E-state index in [9.17, 15) is 19.8 Å². The second kappa shape index (κ2) is 70.3. The summed E-state index contributed by atoms with van der Waals surface area (Å²) in [4.78, 5) is 24.6. The molecule has 0 radical (unpaired) electrons. The van der Waals surface area contributed by atoms with Gasteiger partial charge >= 0.3 is 5.97 Å².